The van der Waals surface area contributed by atoms with Gasteiger partial charge in [0.1, 0.15) is 13.2 Å². The van der Waals surface area contributed by atoms with Crippen LogP contribution in [0, 0.1) is 0 Å². The lowest BCUT2D eigenvalue weighted by molar-refractivity contribution is -0.167. The molecule has 0 aromatic carbocycles. The maximum Gasteiger partial charge on any atom is 0.306 e. The molecule has 0 aliphatic rings. The quantitative estimate of drug-likeness (QED) is 0.0199. The predicted molar refractivity (Wildman–Crippen MR) is 261 cm³/mol. The number of carbonyl (C=O) groups excluding carboxylic acids is 3. The summed E-state index contributed by atoms with van der Waals surface area (Å²) in [5.41, 5.74) is 0. The van der Waals surface area contributed by atoms with Gasteiger partial charge in [0.2, 0.25) is 0 Å². The van der Waals surface area contributed by atoms with Crippen LogP contribution in [-0.4, -0.2) is 37.2 Å². The molecule has 0 saturated heterocycles. The fourth-order valence-electron chi connectivity index (χ4n) is 7.42. The third-order valence-corrected chi connectivity index (χ3v) is 11.4. The summed E-state index contributed by atoms with van der Waals surface area (Å²) >= 11 is 0. The minimum atomic E-state index is -0.780. The molecule has 1 atom stereocenters. The standard InChI is InChI=1S/C55H98O6/c1-4-7-10-13-16-19-22-24-26-27-28-30-31-33-36-39-42-45-48-54(57)60-51-52(50-59-53(56)47-44-41-38-35-21-18-15-12-9-6-3)61-55(58)49-46-43-40-37-34-32-29-25-23-20-17-14-11-8-5-2/h8,11,14-15,17-18,20,23,52H,4-7,9-10,12-13,16,19,21-22,24-51H2,1-3H3/b11-8-,17-14-,18-15-,23-20-. The van der Waals surface area contributed by atoms with Gasteiger partial charge in [0.05, 0.1) is 0 Å². The van der Waals surface area contributed by atoms with Crippen molar-refractivity contribution in [1.82, 2.24) is 0 Å². The summed E-state index contributed by atoms with van der Waals surface area (Å²) in [6.45, 7) is 6.47. The third-order valence-electron chi connectivity index (χ3n) is 11.4. The Morgan fingerprint density at radius 1 is 0.344 bits per heavy atom. The summed E-state index contributed by atoms with van der Waals surface area (Å²) in [6, 6.07) is 0. The highest BCUT2D eigenvalue weighted by atomic mass is 16.6. The number of allylic oxidation sites excluding steroid dienone is 8. The number of hydrogen-bond acceptors (Lipinski definition) is 6. The molecule has 0 heterocycles. The van der Waals surface area contributed by atoms with Crippen LogP contribution in [0.1, 0.15) is 265 Å². The van der Waals surface area contributed by atoms with Gasteiger partial charge in [-0.05, 0) is 57.8 Å². The summed E-state index contributed by atoms with van der Waals surface area (Å²) in [6.07, 6.45) is 59.6. The predicted octanol–water partition coefficient (Wildman–Crippen LogP) is 17.1. The Hall–Kier alpha value is -2.63. The van der Waals surface area contributed by atoms with Gasteiger partial charge in [-0.25, -0.2) is 0 Å². The van der Waals surface area contributed by atoms with Crippen LogP contribution < -0.4 is 0 Å². The fraction of sp³-hybridized carbons (Fsp3) is 0.800. The minimum Gasteiger partial charge on any atom is -0.462 e. The zero-order chi connectivity index (χ0) is 44.4. The summed E-state index contributed by atoms with van der Waals surface area (Å²) in [5.74, 6) is -0.898. The van der Waals surface area contributed by atoms with E-state index in [4.69, 9.17) is 14.2 Å². The van der Waals surface area contributed by atoms with E-state index in [0.29, 0.717) is 19.3 Å². The molecule has 0 N–H and O–H groups in total. The van der Waals surface area contributed by atoms with E-state index in [-0.39, 0.29) is 31.1 Å². The molecule has 0 amide bonds. The highest BCUT2D eigenvalue weighted by Crippen LogP contribution is 2.16. The molecule has 61 heavy (non-hydrogen) atoms. The summed E-state index contributed by atoms with van der Waals surface area (Å²) in [5, 5.41) is 0. The topological polar surface area (TPSA) is 78.9 Å². The van der Waals surface area contributed by atoms with Gasteiger partial charge in [-0.3, -0.25) is 14.4 Å². The Labute approximate surface area is 378 Å². The number of unbranched alkanes of at least 4 members (excludes halogenated alkanes) is 30. The molecule has 354 valence electrons. The van der Waals surface area contributed by atoms with Gasteiger partial charge in [0.15, 0.2) is 6.10 Å². The third kappa shape index (κ3) is 48.3. The lowest BCUT2D eigenvalue weighted by atomic mass is 10.0. The largest absolute Gasteiger partial charge is 0.462 e. The number of rotatable bonds is 47. The van der Waals surface area contributed by atoms with Crippen LogP contribution in [-0.2, 0) is 28.6 Å². The maximum absolute atomic E-state index is 12.8. The minimum absolute atomic E-state index is 0.0793. The van der Waals surface area contributed by atoms with Gasteiger partial charge < -0.3 is 14.2 Å². The number of hydrogen-bond donors (Lipinski definition) is 0. The van der Waals surface area contributed by atoms with E-state index in [0.717, 1.165) is 89.9 Å². The highest BCUT2D eigenvalue weighted by molar-refractivity contribution is 5.71. The van der Waals surface area contributed by atoms with Gasteiger partial charge in [-0.1, -0.05) is 236 Å². The molecule has 0 saturated carbocycles. The Kier molecular flexibility index (Phi) is 47.9. The van der Waals surface area contributed by atoms with Gasteiger partial charge in [0.25, 0.3) is 0 Å². The lowest BCUT2D eigenvalue weighted by Crippen LogP contribution is -2.30. The van der Waals surface area contributed by atoms with Crippen molar-refractivity contribution in [1.29, 1.82) is 0 Å². The van der Waals surface area contributed by atoms with Gasteiger partial charge >= 0.3 is 17.9 Å². The van der Waals surface area contributed by atoms with Crippen molar-refractivity contribution in [2.45, 2.75) is 271 Å². The molecule has 0 aliphatic heterocycles. The summed E-state index contributed by atoms with van der Waals surface area (Å²) in [7, 11) is 0. The second-order valence-electron chi connectivity index (χ2n) is 17.5. The average Bonchev–Trinajstić information content (AvgIpc) is 3.26. The molecule has 0 rings (SSSR count). The fourth-order valence-corrected chi connectivity index (χ4v) is 7.42. The highest BCUT2D eigenvalue weighted by Gasteiger charge is 2.19. The monoisotopic (exact) mass is 855 g/mol. The van der Waals surface area contributed by atoms with Crippen LogP contribution in [0.15, 0.2) is 48.6 Å². The van der Waals surface area contributed by atoms with E-state index in [1.165, 1.54) is 135 Å². The summed E-state index contributed by atoms with van der Waals surface area (Å²) < 4.78 is 16.8. The Balaban J connectivity index is 4.31. The van der Waals surface area contributed by atoms with Crippen molar-refractivity contribution >= 4 is 17.9 Å². The van der Waals surface area contributed by atoms with Crippen molar-refractivity contribution < 1.29 is 28.6 Å². The molecule has 0 fully saturated rings. The van der Waals surface area contributed by atoms with Crippen LogP contribution in [0.4, 0.5) is 0 Å². The molecule has 0 bridgehead atoms. The Morgan fingerprint density at radius 3 is 1.08 bits per heavy atom. The zero-order valence-electron chi connectivity index (χ0n) is 40.4. The van der Waals surface area contributed by atoms with E-state index in [1.54, 1.807) is 0 Å². The van der Waals surface area contributed by atoms with E-state index < -0.39 is 6.10 Å². The molecule has 0 spiro atoms. The molecule has 0 aromatic heterocycles. The molecular formula is C55H98O6. The second kappa shape index (κ2) is 50.0. The van der Waals surface area contributed by atoms with E-state index in [2.05, 4.69) is 69.4 Å². The SMILES string of the molecule is CC\C=C/C=C\C=C/CCCCCCCCCC(=O)OC(COC(=O)CCCCCC/C=C\CCCC)COC(=O)CCCCCCCCCCCCCCCCCCCC. The van der Waals surface area contributed by atoms with Gasteiger partial charge in [0, 0.05) is 19.3 Å². The number of carbonyl (C=O) groups is 3. The molecule has 6 heteroatoms. The second-order valence-corrected chi connectivity index (χ2v) is 17.5. The molecule has 0 aliphatic carbocycles. The first-order chi connectivity index (χ1) is 30.0. The lowest BCUT2D eigenvalue weighted by Gasteiger charge is -2.18. The van der Waals surface area contributed by atoms with E-state index in [1.807, 2.05) is 0 Å². The Bertz CT molecular complexity index is 1070. The van der Waals surface area contributed by atoms with Crippen LogP contribution in [0.2, 0.25) is 0 Å². The van der Waals surface area contributed by atoms with Crippen LogP contribution >= 0.6 is 0 Å². The molecule has 1 unspecified atom stereocenters. The maximum atomic E-state index is 12.8. The van der Waals surface area contributed by atoms with Crippen molar-refractivity contribution in [2.24, 2.45) is 0 Å². The number of esters is 3. The van der Waals surface area contributed by atoms with Crippen molar-refractivity contribution in [2.75, 3.05) is 13.2 Å². The number of ether oxygens (including phenoxy) is 3. The zero-order valence-corrected chi connectivity index (χ0v) is 40.4. The van der Waals surface area contributed by atoms with Crippen LogP contribution in [0.25, 0.3) is 0 Å². The molecular weight excluding hydrogens is 757 g/mol. The van der Waals surface area contributed by atoms with Crippen LogP contribution in [0.5, 0.6) is 0 Å². The first-order valence-electron chi connectivity index (χ1n) is 26.2. The summed E-state index contributed by atoms with van der Waals surface area (Å²) in [4.78, 5) is 37.9. The van der Waals surface area contributed by atoms with E-state index in [9.17, 15) is 14.4 Å². The smallest absolute Gasteiger partial charge is 0.306 e. The molecule has 0 aromatic rings. The normalized spacial score (nSPS) is 12.4. The first-order valence-corrected chi connectivity index (χ1v) is 26.2. The molecule has 6 nitrogen and oxygen atoms in total. The molecule has 0 radical (unpaired) electrons. The first kappa shape index (κ1) is 58.4. The van der Waals surface area contributed by atoms with Gasteiger partial charge in [-0.15, -0.1) is 0 Å². The van der Waals surface area contributed by atoms with Crippen molar-refractivity contribution in [3.63, 3.8) is 0 Å². The van der Waals surface area contributed by atoms with Crippen molar-refractivity contribution in [3.05, 3.63) is 48.6 Å². The van der Waals surface area contributed by atoms with E-state index >= 15 is 0 Å². The van der Waals surface area contributed by atoms with Crippen molar-refractivity contribution in [3.8, 4) is 0 Å². The van der Waals surface area contributed by atoms with Gasteiger partial charge in [-0.2, -0.15) is 0 Å². The Morgan fingerprint density at radius 2 is 0.672 bits per heavy atom. The average molecular weight is 855 g/mol. The van der Waals surface area contributed by atoms with Crippen LogP contribution in [0.3, 0.4) is 0 Å².